The van der Waals surface area contributed by atoms with Crippen molar-refractivity contribution >= 4 is 0 Å². The third kappa shape index (κ3) is 3.68. The van der Waals surface area contributed by atoms with Gasteiger partial charge in [-0.25, -0.2) is 8.78 Å². The quantitative estimate of drug-likeness (QED) is 0.871. The van der Waals surface area contributed by atoms with Crippen LogP contribution in [0.2, 0.25) is 0 Å². The molecule has 20 heavy (non-hydrogen) atoms. The SMILES string of the molecule is NCc1c(C(F)F)ncc(C(F)(F)F)c1OC(F)(F)F. The normalized spacial score (nSPS) is 12.9. The Morgan fingerprint density at radius 2 is 1.70 bits per heavy atom. The van der Waals surface area contributed by atoms with E-state index < -0.39 is 48.1 Å². The first-order valence-corrected chi connectivity index (χ1v) is 4.80. The van der Waals surface area contributed by atoms with Gasteiger partial charge in [0.1, 0.15) is 17.0 Å². The highest BCUT2D eigenvalue weighted by molar-refractivity contribution is 5.44. The number of pyridine rings is 1. The Labute approximate surface area is 106 Å². The molecule has 0 atom stereocenters. The smallest absolute Gasteiger partial charge is 0.405 e. The van der Waals surface area contributed by atoms with Crippen LogP contribution in [0.5, 0.6) is 5.75 Å². The van der Waals surface area contributed by atoms with Gasteiger partial charge >= 0.3 is 12.5 Å². The van der Waals surface area contributed by atoms with E-state index in [-0.39, 0.29) is 6.20 Å². The summed E-state index contributed by atoms with van der Waals surface area (Å²) in [5, 5.41) is 0. The van der Waals surface area contributed by atoms with Crippen LogP contribution >= 0.6 is 0 Å². The molecule has 1 rings (SSSR count). The van der Waals surface area contributed by atoms with Crippen molar-refractivity contribution in [3.05, 3.63) is 23.0 Å². The van der Waals surface area contributed by atoms with Crippen molar-refractivity contribution in [2.24, 2.45) is 5.73 Å². The van der Waals surface area contributed by atoms with Gasteiger partial charge in [-0.2, -0.15) is 13.2 Å². The van der Waals surface area contributed by atoms with Gasteiger partial charge in [-0.15, -0.1) is 13.2 Å². The first kappa shape index (κ1) is 16.4. The van der Waals surface area contributed by atoms with Gasteiger partial charge in [0, 0.05) is 18.3 Å². The number of nitrogens with two attached hydrogens (primary N) is 1. The molecule has 3 nitrogen and oxygen atoms in total. The Bertz CT molecular complexity index is 482. The van der Waals surface area contributed by atoms with E-state index in [1.165, 1.54) is 0 Å². The summed E-state index contributed by atoms with van der Waals surface area (Å²) in [6.07, 6.45) is -14.3. The van der Waals surface area contributed by atoms with Crippen LogP contribution in [-0.2, 0) is 12.7 Å². The predicted molar refractivity (Wildman–Crippen MR) is 48.8 cm³/mol. The molecule has 2 N–H and O–H groups in total. The third-order valence-electron chi connectivity index (χ3n) is 2.09. The third-order valence-corrected chi connectivity index (χ3v) is 2.09. The van der Waals surface area contributed by atoms with E-state index in [4.69, 9.17) is 5.73 Å². The van der Waals surface area contributed by atoms with Crippen molar-refractivity contribution in [3.63, 3.8) is 0 Å². The van der Waals surface area contributed by atoms with Crippen LogP contribution in [-0.4, -0.2) is 11.3 Å². The van der Waals surface area contributed by atoms with Crippen molar-refractivity contribution in [1.29, 1.82) is 0 Å². The number of hydrogen-bond donors (Lipinski definition) is 1. The van der Waals surface area contributed by atoms with Crippen LogP contribution < -0.4 is 10.5 Å². The summed E-state index contributed by atoms with van der Waals surface area (Å²) in [6.45, 7) is -1.03. The predicted octanol–water partition coefficient (Wildman–Crippen LogP) is 3.40. The number of aromatic nitrogens is 1. The molecule has 1 aromatic heterocycles. The second-order valence-electron chi connectivity index (χ2n) is 3.42. The Balaban J connectivity index is 3.56. The standard InChI is InChI=1S/C9H6F8N2O/c10-7(11)5-3(1-18)6(20-9(15,16)17)4(2-19-5)8(12,13)14/h2,7H,1,18H2. The van der Waals surface area contributed by atoms with E-state index in [9.17, 15) is 35.1 Å². The molecule has 11 heteroatoms. The number of hydrogen-bond acceptors (Lipinski definition) is 3. The van der Waals surface area contributed by atoms with Crippen molar-refractivity contribution in [2.45, 2.75) is 25.5 Å². The molecule has 0 aliphatic carbocycles. The topological polar surface area (TPSA) is 48.1 Å². The molecule has 0 unspecified atom stereocenters. The maximum absolute atomic E-state index is 12.6. The summed E-state index contributed by atoms with van der Waals surface area (Å²) in [6, 6.07) is 0. The highest BCUT2D eigenvalue weighted by Gasteiger charge is 2.42. The fraction of sp³-hybridized carbons (Fsp3) is 0.444. The molecule has 1 aromatic rings. The van der Waals surface area contributed by atoms with Gasteiger partial charge in [-0.05, 0) is 0 Å². The molecular formula is C9H6F8N2O. The molecule has 0 aromatic carbocycles. The summed E-state index contributed by atoms with van der Waals surface area (Å²) in [5.41, 5.74) is 0.563. The molecule has 0 spiro atoms. The fourth-order valence-electron chi connectivity index (χ4n) is 1.37. The summed E-state index contributed by atoms with van der Waals surface area (Å²) in [4.78, 5) is 2.81. The van der Waals surface area contributed by atoms with E-state index in [2.05, 4.69) is 9.72 Å². The molecule has 0 radical (unpaired) electrons. The highest BCUT2D eigenvalue weighted by atomic mass is 19.4. The molecule has 114 valence electrons. The molecule has 0 bridgehead atoms. The van der Waals surface area contributed by atoms with E-state index in [0.717, 1.165) is 0 Å². The Morgan fingerprint density at radius 1 is 1.15 bits per heavy atom. The molecular weight excluding hydrogens is 304 g/mol. The lowest BCUT2D eigenvalue weighted by atomic mass is 10.1. The highest BCUT2D eigenvalue weighted by Crippen LogP contribution is 2.42. The molecule has 0 aliphatic heterocycles. The minimum absolute atomic E-state index is 0.151. The fourth-order valence-corrected chi connectivity index (χ4v) is 1.37. The molecule has 0 saturated carbocycles. The lowest BCUT2D eigenvalue weighted by Gasteiger charge is -2.19. The van der Waals surface area contributed by atoms with E-state index in [1.54, 1.807) is 0 Å². The average molecular weight is 310 g/mol. The maximum atomic E-state index is 12.6. The van der Waals surface area contributed by atoms with Gasteiger partial charge < -0.3 is 10.5 Å². The van der Waals surface area contributed by atoms with Crippen molar-refractivity contribution in [2.75, 3.05) is 0 Å². The second kappa shape index (κ2) is 5.38. The maximum Gasteiger partial charge on any atom is 0.573 e. The van der Waals surface area contributed by atoms with Crippen molar-refractivity contribution in [3.8, 4) is 5.75 Å². The van der Waals surface area contributed by atoms with E-state index in [1.807, 2.05) is 0 Å². The van der Waals surface area contributed by atoms with E-state index >= 15 is 0 Å². The molecule has 0 fully saturated rings. The number of alkyl halides is 8. The van der Waals surface area contributed by atoms with Crippen LogP contribution in [0.25, 0.3) is 0 Å². The summed E-state index contributed by atoms with van der Waals surface area (Å²) < 4.78 is 102. The summed E-state index contributed by atoms with van der Waals surface area (Å²) >= 11 is 0. The molecule has 0 saturated heterocycles. The summed E-state index contributed by atoms with van der Waals surface area (Å²) in [5.74, 6) is -1.81. The van der Waals surface area contributed by atoms with Crippen LogP contribution in [0.4, 0.5) is 35.1 Å². The van der Waals surface area contributed by atoms with Gasteiger partial charge in [-0.1, -0.05) is 0 Å². The molecule has 0 amide bonds. The van der Waals surface area contributed by atoms with Gasteiger partial charge in [-0.3, -0.25) is 4.98 Å². The molecule has 1 heterocycles. The summed E-state index contributed by atoms with van der Waals surface area (Å²) in [7, 11) is 0. The minimum Gasteiger partial charge on any atom is -0.405 e. The Morgan fingerprint density at radius 3 is 2.05 bits per heavy atom. The van der Waals surface area contributed by atoms with Crippen LogP contribution in [0.15, 0.2) is 6.20 Å². The lowest BCUT2D eigenvalue weighted by molar-refractivity contribution is -0.276. The first-order valence-electron chi connectivity index (χ1n) is 4.80. The number of ether oxygens (including phenoxy) is 1. The average Bonchev–Trinajstić information content (AvgIpc) is 2.24. The van der Waals surface area contributed by atoms with E-state index in [0.29, 0.717) is 0 Å². The van der Waals surface area contributed by atoms with Gasteiger partial charge in [0.15, 0.2) is 0 Å². The zero-order valence-electron chi connectivity index (χ0n) is 9.32. The number of halogens is 8. The largest absolute Gasteiger partial charge is 0.573 e. The number of rotatable bonds is 3. The van der Waals surface area contributed by atoms with Crippen molar-refractivity contribution in [1.82, 2.24) is 4.98 Å². The second-order valence-corrected chi connectivity index (χ2v) is 3.42. The zero-order valence-corrected chi connectivity index (χ0v) is 9.32. The van der Waals surface area contributed by atoms with Crippen LogP contribution in [0, 0.1) is 0 Å². The van der Waals surface area contributed by atoms with Gasteiger partial charge in [0.05, 0.1) is 0 Å². The minimum atomic E-state index is -5.50. The van der Waals surface area contributed by atoms with Crippen LogP contribution in [0.1, 0.15) is 23.2 Å². The van der Waals surface area contributed by atoms with Crippen molar-refractivity contribution < 1.29 is 39.9 Å². The van der Waals surface area contributed by atoms with Crippen LogP contribution in [0.3, 0.4) is 0 Å². The number of nitrogens with zero attached hydrogens (tertiary/aromatic N) is 1. The van der Waals surface area contributed by atoms with Gasteiger partial charge in [0.25, 0.3) is 6.43 Å². The van der Waals surface area contributed by atoms with Gasteiger partial charge in [0.2, 0.25) is 0 Å². The monoisotopic (exact) mass is 310 g/mol. The Hall–Kier alpha value is -1.65. The zero-order chi connectivity index (χ0) is 15.7. The molecule has 0 aliphatic rings. The first-order chi connectivity index (χ1) is 8.97. The Kier molecular flexibility index (Phi) is 4.42. The lowest BCUT2D eigenvalue weighted by Crippen LogP contribution is -2.23.